The second-order valence-corrected chi connectivity index (χ2v) is 34.0. The number of unbranched alkanes of at least 4 members (excludes halogenated alkanes) is 57. The number of aliphatic hydroxyl groups is 1. The molecule has 104 heavy (non-hydrogen) atoms. The van der Waals surface area contributed by atoms with E-state index in [9.17, 15) is 43.2 Å². The number of aliphatic hydroxyl groups excluding tert-OH is 1. The highest BCUT2D eigenvalue weighted by Crippen LogP contribution is 2.45. The predicted octanol–water partition coefficient (Wildman–Crippen LogP) is 26.0. The molecule has 0 heterocycles. The van der Waals surface area contributed by atoms with Crippen molar-refractivity contribution in [2.75, 3.05) is 39.6 Å². The SMILES string of the molecule is CCCCCCCCCCCCCCCCCCCC(=O)OC[C@H](COP(=O)(O)OC[C@@H](O)COP(=O)(O)OC[C@@H](COC(=O)CCCCCCCCCCCCCC)OC(=O)CCCCCCCCCCCCCCCCCC)OC(=O)CCCCCCCCCCCCCCCCCCC(C)C. The summed E-state index contributed by atoms with van der Waals surface area (Å²) in [6.07, 6.45) is 70.6. The molecular formula is C85H166O17P2. The van der Waals surface area contributed by atoms with Crippen LogP contribution in [0.15, 0.2) is 0 Å². The van der Waals surface area contributed by atoms with E-state index in [1.807, 2.05) is 0 Å². The van der Waals surface area contributed by atoms with E-state index in [1.165, 1.54) is 283 Å². The number of carbonyl (C=O) groups excluding carboxylic acids is 4. The Kier molecular flexibility index (Phi) is 76.3. The fraction of sp³-hybridized carbons (Fsp3) is 0.953. The highest BCUT2D eigenvalue weighted by molar-refractivity contribution is 7.47. The lowest BCUT2D eigenvalue weighted by Gasteiger charge is -2.21. The standard InChI is InChI=1S/C85H166O17P2/c1-6-9-12-15-18-21-24-27-29-31-36-39-44-49-54-59-64-69-83(88)96-75-81(102-85(90)71-66-61-56-51-46-41-37-33-32-34-38-42-47-52-57-62-67-78(4)5)77-100-104(93,94)98-73-79(86)72-97-103(91,92)99-76-80(74-95-82(87)68-63-58-53-48-43-26-23-20-17-14-11-8-3)101-84(89)70-65-60-55-50-45-40-35-30-28-25-22-19-16-13-10-7-2/h78-81,86H,6-77H2,1-5H3,(H,91,92)(H,93,94)/t79-,80+,81+/m0/s1. The minimum atomic E-state index is -4.96. The average molecular weight is 1520 g/mol. The van der Waals surface area contributed by atoms with Gasteiger partial charge in [0.15, 0.2) is 12.2 Å². The zero-order chi connectivity index (χ0) is 76.2. The number of phosphoric ester groups is 2. The molecular weight excluding hydrogens is 1350 g/mol. The Bertz CT molecular complexity index is 1980. The van der Waals surface area contributed by atoms with Crippen LogP contribution in [0.3, 0.4) is 0 Å². The second-order valence-electron chi connectivity index (χ2n) is 31.1. The van der Waals surface area contributed by atoms with Crippen LogP contribution in [0.2, 0.25) is 0 Å². The lowest BCUT2D eigenvalue weighted by Crippen LogP contribution is -2.30. The van der Waals surface area contributed by atoms with Crippen LogP contribution in [-0.4, -0.2) is 96.7 Å². The Morgan fingerprint density at radius 2 is 0.442 bits per heavy atom. The van der Waals surface area contributed by atoms with E-state index in [4.69, 9.17) is 37.0 Å². The van der Waals surface area contributed by atoms with Gasteiger partial charge in [0.1, 0.15) is 19.3 Å². The minimum absolute atomic E-state index is 0.109. The van der Waals surface area contributed by atoms with Crippen molar-refractivity contribution in [2.45, 2.75) is 477 Å². The van der Waals surface area contributed by atoms with E-state index in [-0.39, 0.29) is 25.7 Å². The molecule has 0 radical (unpaired) electrons. The summed E-state index contributed by atoms with van der Waals surface area (Å²) < 4.78 is 68.9. The molecule has 0 aliphatic rings. The van der Waals surface area contributed by atoms with Gasteiger partial charge in [-0.25, -0.2) is 9.13 Å². The van der Waals surface area contributed by atoms with Crippen LogP contribution >= 0.6 is 15.6 Å². The summed E-state index contributed by atoms with van der Waals surface area (Å²) in [5, 5.41) is 10.7. The first kappa shape index (κ1) is 102. The Morgan fingerprint density at radius 3 is 0.654 bits per heavy atom. The van der Waals surface area contributed by atoms with Crippen LogP contribution in [-0.2, 0) is 65.4 Å². The molecule has 0 rings (SSSR count). The molecule has 0 aromatic carbocycles. The minimum Gasteiger partial charge on any atom is -0.462 e. The number of esters is 4. The normalized spacial score (nSPS) is 13.8. The highest BCUT2D eigenvalue weighted by atomic mass is 31.2. The zero-order valence-electron chi connectivity index (χ0n) is 68.2. The maximum Gasteiger partial charge on any atom is 0.472 e. The fourth-order valence-corrected chi connectivity index (χ4v) is 14.9. The summed E-state index contributed by atoms with van der Waals surface area (Å²) in [4.78, 5) is 73.2. The quantitative estimate of drug-likeness (QED) is 0.0222. The van der Waals surface area contributed by atoms with Gasteiger partial charge in [-0.1, -0.05) is 407 Å². The summed E-state index contributed by atoms with van der Waals surface area (Å²) in [6, 6.07) is 0. The smallest absolute Gasteiger partial charge is 0.462 e. The molecule has 0 spiro atoms. The van der Waals surface area contributed by atoms with E-state index in [0.717, 1.165) is 95.8 Å². The summed E-state index contributed by atoms with van der Waals surface area (Å²) in [7, 11) is -9.93. The Hall–Kier alpha value is -1.94. The molecule has 0 aliphatic heterocycles. The van der Waals surface area contributed by atoms with Gasteiger partial charge in [0.05, 0.1) is 26.4 Å². The van der Waals surface area contributed by atoms with Crippen molar-refractivity contribution in [3.05, 3.63) is 0 Å². The van der Waals surface area contributed by atoms with Crippen molar-refractivity contribution in [3.63, 3.8) is 0 Å². The van der Waals surface area contributed by atoms with Crippen molar-refractivity contribution in [1.82, 2.24) is 0 Å². The van der Waals surface area contributed by atoms with Gasteiger partial charge >= 0.3 is 39.5 Å². The van der Waals surface area contributed by atoms with Gasteiger partial charge in [-0.05, 0) is 31.6 Å². The molecule has 0 aliphatic carbocycles. The van der Waals surface area contributed by atoms with Crippen molar-refractivity contribution < 1.29 is 80.2 Å². The van der Waals surface area contributed by atoms with Crippen molar-refractivity contribution in [3.8, 4) is 0 Å². The van der Waals surface area contributed by atoms with E-state index in [1.54, 1.807) is 0 Å². The molecule has 0 saturated heterocycles. The van der Waals surface area contributed by atoms with Crippen LogP contribution in [0.5, 0.6) is 0 Å². The summed E-state index contributed by atoms with van der Waals surface area (Å²) in [6.45, 7) is 7.40. The Labute approximate surface area is 638 Å². The molecule has 618 valence electrons. The van der Waals surface area contributed by atoms with E-state index < -0.39 is 97.5 Å². The first-order chi connectivity index (χ1) is 50.5. The molecule has 0 fully saturated rings. The topological polar surface area (TPSA) is 237 Å². The third kappa shape index (κ3) is 78.2. The predicted molar refractivity (Wildman–Crippen MR) is 428 cm³/mol. The van der Waals surface area contributed by atoms with Crippen LogP contribution < -0.4 is 0 Å². The second kappa shape index (κ2) is 77.8. The number of rotatable bonds is 85. The van der Waals surface area contributed by atoms with Crippen LogP contribution in [0.1, 0.15) is 458 Å². The molecule has 2 unspecified atom stereocenters. The highest BCUT2D eigenvalue weighted by Gasteiger charge is 2.30. The average Bonchev–Trinajstić information content (AvgIpc) is 0.905. The maximum absolute atomic E-state index is 13.1. The van der Waals surface area contributed by atoms with Gasteiger partial charge in [-0.3, -0.25) is 37.3 Å². The maximum atomic E-state index is 13.1. The third-order valence-corrected chi connectivity index (χ3v) is 21.9. The van der Waals surface area contributed by atoms with E-state index in [2.05, 4.69) is 34.6 Å². The molecule has 19 heteroatoms. The third-order valence-electron chi connectivity index (χ3n) is 20.0. The Morgan fingerprint density at radius 1 is 0.260 bits per heavy atom. The van der Waals surface area contributed by atoms with E-state index in [0.29, 0.717) is 25.7 Å². The van der Waals surface area contributed by atoms with Gasteiger partial charge < -0.3 is 33.8 Å². The van der Waals surface area contributed by atoms with Crippen LogP contribution in [0, 0.1) is 5.92 Å². The first-order valence-electron chi connectivity index (χ1n) is 44.1. The molecule has 0 aromatic heterocycles. The summed E-state index contributed by atoms with van der Waals surface area (Å²) in [5.74, 6) is -1.29. The number of hydrogen-bond acceptors (Lipinski definition) is 15. The van der Waals surface area contributed by atoms with Gasteiger partial charge in [-0.2, -0.15) is 0 Å². The van der Waals surface area contributed by atoms with Crippen molar-refractivity contribution >= 4 is 39.5 Å². The molecule has 3 N–H and O–H groups in total. The zero-order valence-corrected chi connectivity index (χ0v) is 70.0. The lowest BCUT2D eigenvalue weighted by molar-refractivity contribution is -0.161. The first-order valence-corrected chi connectivity index (χ1v) is 47.1. The monoisotopic (exact) mass is 1520 g/mol. The number of hydrogen-bond donors (Lipinski definition) is 3. The van der Waals surface area contributed by atoms with Gasteiger partial charge in [-0.15, -0.1) is 0 Å². The van der Waals surface area contributed by atoms with Crippen molar-refractivity contribution in [1.29, 1.82) is 0 Å². The number of phosphoric acid groups is 2. The fourth-order valence-electron chi connectivity index (χ4n) is 13.3. The molecule has 0 amide bonds. The lowest BCUT2D eigenvalue weighted by atomic mass is 10.0. The number of ether oxygens (including phenoxy) is 4. The Balaban J connectivity index is 5.26. The van der Waals surface area contributed by atoms with E-state index >= 15 is 0 Å². The summed E-state index contributed by atoms with van der Waals surface area (Å²) >= 11 is 0. The largest absolute Gasteiger partial charge is 0.472 e. The van der Waals surface area contributed by atoms with Gasteiger partial charge in [0.25, 0.3) is 0 Å². The molecule has 5 atom stereocenters. The summed E-state index contributed by atoms with van der Waals surface area (Å²) in [5.41, 5.74) is 0. The van der Waals surface area contributed by atoms with Crippen LogP contribution in [0.25, 0.3) is 0 Å². The van der Waals surface area contributed by atoms with Gasteiger partial charge in [0, 0.05) is 25.7 Å². The van der Waals surface area contributed by atoms with Crippen LogP contribution in [0.4, 0.5) is 0 Å². The molecule has 0 aromatic rings. The van der Waals surface area contributed by atoms with Crippen molar-refractivity contribution in [2.24, 2.45) is 5.92 Å². The number of carbonyl (C=O) groups is 4. The molecule has 17 nitrogen and oxygen atoms in total. The molecule has 0 bridgehead atoms. The molecule has 0 saturated carbocycles. The van der Waals surface area contributed by atoms with Gasteiger partial charge in [0.2, 0.25) is 0 Å².